The third-order valence-electron chi connectivity index (χ3n) is 3.62. The number of aliphatic hydroxyl groups excluding tert-OH is 1. The number of nitrogens with zero attached hydrogens (tertiary/aromatic N) is 1. The molecule has 0 aliphatic carbocycles. The largest absolute Gasteiger partial charge is 0.494 e. The van der Waals surface area contributed by atoms with Gasteiger partial charge in [-0.1, -0.05) is 0 Å². The summed E-state index contributed by atoms with van der Waals surface area (Å²) in [5, 5.41) is 9.31. The third kappa shape index (κ3) is 3.78. The molecule has 1 unspecified atom stereocenters. The van der Waals surface area contributed by atoms with E-state index in [1.807, 2.05) is 6.07 Å². The number of aliphatic hydroxyl groups is 1. The van der Waals surface area contributed by atoms with Crippen molar-refractivity contribution in [2.75, 3.05) is 25.9 Å². The number of hydrogen-bond donors (Lipinski definition) is 2. The van der Waals surface area contributed by atoms with Gasteiger partial charge in [-0.05, 0) is 19.1 Å². The SMILES string of the molecule is COc1cc(OC2CCN(C(=O)C(C)O)CC2)ccc1N. The van der Waals surface area contributed by atoms with Crippen molar-refractivity contribution in [2.24, 2.45) is 0 Å². The molecule has 0 radical (unpaired) electrons. The zero-order valence-corrected chi connectivity index (χ0v) is 12.4. The minimum atomic E-state index is -0.941. The molecule has 6 nitrogen and oxygen atoms in total. The minimum absolute atomic E-state index is 0.0522. The summed E-state index contributed by atoms with van der Waals surface area (Å²) >= 11 is 0. The summed E-state index contributed by atoms with van der Waals surface area (Å²) in [6.45, 7) is 2.69. The Bertz CT molecular complexity index is 496. The zero-order chi connectivity index (χ0) is 15.4. The van der Waals surface area contributed by atoms with Gasteiger partial charge in [0.2, 0.25) is 0 Å². The molecule has 1 aromatic carbocycles. The van der Waals surface area contributed by atoms with Crippen molar-refractivity contribution in [3.8, 4) is 11.5 Å². The summed E-state index contributed by atoms with van der Waals surface area (Å²) in [5.74, 6) is 1.08. The van der Waals surface area contributed by atoms with Gasteiger partial charge in [0, 0.05) is 32.0 Å². The first-order valence-corrected chi connectivity index (χ1v) is 7.08. The van der Waals surface area contributed by atoms with Crippen molar-refractivity contribution in [1.82, 2.24) is 4.90 Å². The van der Waals surface area contributed by atoms with Crippen LogP contribution in [0.5, 0.6) is 11.5 Å². The van der Waals surface area contributed by atoms with E-state index in [1.165, 1.54) is 6.92 Å². The number of benzene rings is 1. The lowest BCUT2D eigenvalue weighted by atomic mass is 10.1. The van der Waals surface area contributed by atoms with Gasteiger partial charge in [0.1, 0.15) is 23.7 Å². The average Bonchev–Trinajstić information content (AvgIpc) is 2.49. The van der Waals surface area contributed by atoms with Crippen LogP contribution in [0, 0.1) is 0 Å². The highest BCUT2D eigenvalue weighted by Crippen LogP contribution is 2.28. The van der Waals surface area contributed by atoms with Gasteiger partial charge in [-0.15, -0.1) is 0 Å². The molecule has 1 heterocycles. The first kappa shape index (κ1) is 15.4. The van der Waals surface area contributed by atoms with E-state index in [-0.39, 0.29) is 12.0 Å². The highest BCUT2D eigenvalue weighted by Gasteiger charge is 2.26. The lowest BCUT2D eigenvalue weighted by molar-refractivity contribution is -0.141. The number of carbonyl (C=O) groups is 1. The number of piperidine rings is 1. The Morgan fingerprint density at radius 1 is 1.43 bits per heavy atom. The van der Waals surface area contributed by atoms with Crippen molar-refractivity contribution in [2.45, 2.75) is 32.0 Å². The van der Waals surface area contributed by atoms with Gasteiger partial charge < -0.3 is 25.2 Å². The van der Waals surface area contributed by atoms with Gasteiger partial charge in [0.05, 0.1) is 12.8 Å². The van der Waals surface area contributed by atoms with E-state index in [0.717, 1.165) is 12.8 Å². The van der Waals surface area contributed by atoms with Crippen molar-refractivity contribution in [1.29, 1.82) is 0 Å². The number of anilines is 1. The molecule has 1 saturated heterocycles. The van der Waals surface area contributed by atoms with Gasteiger partial charge >= 0.3 is 0 Å². The predicted molar refractivity (Wildman–Crippen MR) is 79.3 cm³/mol. The molecule has 0 aromatic heterocycles. The number of ether oxygens (including phenoxy) is 2. The number of carbonyl (C=O) groups excluding carboxylic acids is 1. The number of methoxy groups -OCH3 is 1. The van der Waals surface area contributed by atoms with E-state index in [9.17, 15) is 9.90 Å². The summed E-state index contributed by atoms with van der Waals surface area (Å²) < 4.78 is 11.1. The van der Waals surface area contributed by atoms with Crippen molar-refractivity contribution in [3.05, 3.63) is 18.2 Å². The Kier molecular flexibility index (Phi) is 4.90. The molecular formula is C15H22N2O4. The second-order valence-corrected chi connectivity index (χ2v) is 5.22. The average molecular weight is 294 g/mol. The van der Waals surface area contributed by atoms with Crippen molar-refractivity contribution in [3.63, 3.8) is 0 Å². The van der Waals surface area contributed by atoms with Gasteiger partial charge in [-0.3, -0.25) is 4.79 Å². The summed E-state index contributed by atoms with van der Waals surface area (Å²) in [5.41, 5.74) is 6.34. The number of nitrogen functional groups attached to an aromatic ring is 1. The van der Waals surface area contributed by atoms with Crippen molar-refractivity contribution < 1.29 is 19.4 Å². The summed E-state index contributed by atoms with van der Waals surface area (Å²) in [7, 11) is 1.57. The highest BCUT2D eigenvalue weighted by molar-refractivity contribution is 5.80. The van der Waals surface area contributed by atoms with Gasteiger partial charge in [-0.25, -0.2) is 0 Å². The number of likely N-dealkylation sites (tertiary alicyclic amines) is 1. The molecule has 0 saturated carbocycles. The lowest BCUT2D eigenvalue weighted by Crippen LogP contribution is -2.45. The molecule has 1 fully saturated rings. The third-order valence-corrected chi connectivity index (χ3v) is 3.62. The van der Waals surface area contributed by atoms with Gasteiger partial charge in [0.25, 0.3) is 5.91 Å². The van der Waals surface area contributed by atoms with E-state index < -0.39 is 6.10 Å². The lowest BCUT2D eigenvalue weighted by Gasteiger charge is -2.32. The summed E-state index contributed by atoms with van der Waals surface area (Å²) in [6, 6.07) is 5.33. The summed E-state index contributed by atoms with van der Waals surface area (Å²) in [6.07, 6.45) is 0.594. The molecule has 0 bridgehead atoms. The van der Waals surface area contributed by atoms with Crippen LogP contribution in [0.1, 0.15) is 19.8 Å². The Labute approximate surface area is 124 Å². The number of hydrogen-bond acceptors (Lipinski definition) is 5. The van der Waals surface area contributed by atoms with Gasteiger partial charge in [-0.2, -0.15) is 0 Å². The highest BCUT2D eigenvalue weighted by atomic mass is 16.5. The van der Waals surface area contributed by atoms with E-state index in [0.29, 0.717) is 30.3 Å². The van der Waals surface area contributed by atoms with Crippen LogP contribution in [-0.2, 0) is 4.79 Å². The van der Waals surface area contributed by atoms with E-state index >= 15 is 0 Å². The first-order chi connectivity index (χ1) is 10.0. The number of amides is 1. The number of rotatable bonds is 4. The van der Waals surface area contributed by atoms with Crippen LogP contribution in [0.25, 0.3) is 0 Å². The van der Waals surface area contributed by atoms with Crippen LogP contribution < -0.4 is 15.2 Å². The molecule has 1 aliphatic heterocycles. The maximum absolute atomic E-state index is 11.7. The fourth-order valence-electron chi connectivity index (χ4n) is 2.42. The quantitative estimate of drug-likeness (QED) is 0.810. The maximum Gasteiger partial charge on any atom is 0.251 e. The monoisotopic (exact) mass is 294 g/mol. The second kappa shape index (κ2) is 6.67. The normalized spacial score (nSPS) is 17.4. The molecular weight excluding hydrogens is 272 g/mol. The molecule has 0 spiro atoms. The first-order valence-electron chi connectivity index (χ1n) is 7.08. The Hall–Kier alpha value is -1.95. The van der Waals surface area contributed by atoms with E-state index in [4.69, 9.17) is 15.2 Å². The molecule has 116 valence electrons. The molecule has 21 heavy (non-hydrogen) atoms. The Morgan fingerprint density at radius 3 is 2.67 bits per heavy atom. The summed E-state index contributed by atoms with van der Waals surface area (Å²) in [4.78, 5) is 13.4. The molecule has 1 atom stereocenters. The van der Waals surface area contributed by atoms with Crippen LogP contribution in [0.4, 0.5) is 5.69 Å². The standard InChI is InChI=1S/C15H22N2O4/c1-10(18)15(19)17-7-5-11(6-8-17)21-12-3-4-13(16)14(9-12)20-2/h3-4,9-11,18H,5-8,16H2,1-2H3. The number of nitrogens with two attached hydrogens (primary N) is 1. The molecule has 6 heteroatoms. The van der Waals surface area contributed by atoms with Crippen molar-refractivity contribution >= 4 is 11.6 Å². The minimum Gasteiger partial charge on any atom is -0.494 e. The fraction of sp³-hybridized carbons (Fsp3) is 0.533. The van der Waals surface area contributed by atoms with Crippen LogP contribution in [-0.4, -0.2) is 48.3 Å². The van der Waals surface area contributed by atoms with E-state index in [1.54, 1.807) is 24.1 Å². The van der Waals surface area contributed by atoms with Crippen LogP contribution in [0.15, 0.2) is 18.2 Å². The maximum atomic E-state index is 11.7. The molecule has 3 N–H and O–H groups in total. The Morgan fingerprint density at radius 2 is 2.10 bits per heavy atom. The smallest absolute Gasteiger partial charge is 0.251 e. The molecule has 1 amide bonds. The fourth-order valence-corrected chi connectivity index (χ4v) is 2.42. The molecule has 1 aliphatic rings. The van der Waals surface area contributed by atoms with Crippen LogP contribution in [0.2, 0.25) is 0 Å². The second-order valence-electron chi connectivity index (χ2n) is 5.22. The van der Waals surface area contributed by atoms with Crippen LogP contribution in [0.3, 0.4) is 0 Å². The molecule has 2 rings (SSSR count). The van der Waals surface area contributed by atoms with Crippen LogP contribution >= 0.6 is 0 Å². The van der Waals surface area contributed by atoms with E-state index in [2.05, 4.69) is 0 Å². The zero-order valence-electron chi connectivity index (χ0n) is 12.4. The van der Waals surface area contributed by atoms with Gasteiger partial charge in [0.15, 0.2) is 0 Å². The molecule has 1 aromatic rings. The predicted octanol–water partition coefficient (Wildman–Crippen LogP) is 1.03. The Balaban J connectivity index is 1.90. The topological polar surface area (TPSA) is 85.0 Å².